The van der Waals surface area contributed by atoms with E-state index in [1.165, 1.54) is 231 Å². The van der Waals surface area contributed by atoms with Gasteiger partial charge in [0.05, 0.1) is 0 Å². The summed E-state index contributed by atoms with van der Waals surface area (Å²) in [6.45, 7) is 0. The lowest BCUT2D eigenvalue weighted by molar-refractivity contribution is -0.118. The van der Waals surface area contributed by atoms with Crippen molar-refractivity contribution in [3.05, 3.63) is 48.6 Å². The van der Waals surface area contributed by atoms with Crippen LogP contribution in [0.2, 0.25) is 0 Å². The van der Waals surface area contributed by atoms with Crippen molar-refractivity contribution in [1.82, 2.24) is 9.80 Å². The standard InChI is InChI=1S/C98H158N2/c1-5-29-89-73(17-1)21-13-25-77(89)49-37-69-41-57-83(58-42-69)99(84-59-43-70(44-60-84)38-50-78-26-14-22-74-18-2-6-30-90(74)78)87-65-53-81(54-66-87)97-93-33-9-11-35-95(93)98(96-36-12-10-34-94(96)97)82-55-67-88(68-56-82)100(85-61-45-71(46-62-85)39-51-79-27-15-23-75-19-3-7-31-91(75)79)86-63-47-72(48-64-86)40-52-80-28-16-24-76-20-4-8-32-92(76)80/h37-40,49-52,69-98H,1-36,41-48,53-68H2. The van der Waals surface area contributed by atoms with Crippen LogP contribution in [0.1, 0.15) is 385 Å². The third kappa shape index (κ3) is 16.4. The second-order valence-electron chi connectivity index (χ2n) is 41.4. The van der Waals surface area contributed by atoms with Crippen LogP contribution in [0.4, 0.5) is 0 Å². The predicted molar refractivity (Wildman–Crippen MR) is 424 cm³/mol. The number of nitrogens with zero attached hydrogens (tertiary/aromatic N) is 2. The molecule has 17 aliphatic rings. The van der Waals surface area contributed by atoms with E-state index >= 15 is 0 Å². The molecule has 2 heteroatoms. The van der Waals surface area contributed by atoms with Crippen LogP contribution in [-0.2, 0) is 0 Å². The highest BCUT2D eigenvalue weighted by Crippen LogP contribution is 2.63. The van der Waals surface area contributed by atoms with Crippen molar-refractivity contribution >= 4 is 0 Å². The van der Waals surface area contributed by atoms with E-state index in [0.717, 1.165) is 178 Å². The molecular weight excluding hydrogens is 1210 g/mol. The Morgan fingerprint density at radius 3 is 0.560 bits per heavy atom. The fraction of sp³-hybridized carbons (Fsp3) is 0.918. The van der Waals surface area contributed by atoms with Gasteiger partial charge in [0.1, 0.15) is 0 Å². The minimum atomic E-state index is 0.851. The normalized spacial score (nSPS) is 48.6. The topological polar surface area (TPSA) is 6.48 Å². The van der Waals surface area contributed by atoms with E-state index in [-0.39, 0.29) is 0 Å². The molecule has 17 fully saturated rings. The molecule has 16 unspecified atom stereocenters. The molecule has 0 aliphatic heterocycles. The zero-order valence-electron chi connectivity index (χ0n) is 65.3. The van der Waals surface area contributed by atoms with E-state index in [1.807, 2.05) is 0 Å². The van der Waals surface area contributed by atoms with Gasteiger partial charge in [0.15, 0.2) is 0 Å². The lowest BCUT2D eigenvalue weighted by Gasteiger charge is -2.61. The van der Waals surface area contributed by atoms with Crippen LogP contribution < -0.4 is 0 Å². The van der Waals surface area contributed by atoms with Gasteiger partial charge in [-0.15, -0.1) is 0 Å². The van der Waals surface area contributed by atoms with Crippen LogP contribution in [0.15, 0.2) is 48.6 Å². The highest BCUT2D eigenvalue weighted by Gasteiger charge is 2.56. The smallest absolute Gasteiger partial charge is 0.0102 e. The van der Waals surface area contributed by atoms with E-state index in [2.05, 4.69) is 58.4 Å². The SMILES string of the molecule is C(=CC1CCCC2CCCCC12)C1CCC(N(C2CCC(C=CC3CCCC4CCCCC34)CC2)C2CCC(C3C4CCCCC4C(C4CCC(N(C5CCC(C=CC6CCCC7CCCCC67)CC5)C5CCC(C=CC6CCCC7CCCCC67)CC5)CC4)C4CCCCC43)CC2)CC1. The molecule has 17 saturated carbocycles. The second-order valence-corrected chi connectivity index (χ2v) is 41.4. The molecule has 0 spiro atoms. The summed E-state index contributed by atoms with van der Waals surface area (Å²) < 4.78 is 0. The summed E-state index contributed by atoms with van der Waals surface area (Å²) in [7, 11) is 0. The van der Waals surface area contributed by atoms with Crippen molar-refractivity contribution in [2.75, 3.05) is 0 Å². The summed E-state index contributed by atoms with van der Waals surface area (Å²) in [5.41, 5.74) is 0. The summed E-state index contributed by atoms with van der Waals surface area (Å²) >= 11 is 0. The Hall–Kier alpha value is -1.12. The van der Waals surface area contributed by atoms with Crippen molar-refractivity contribution in [1.29, 1.82) is 0 Å². The molecule has 100 heavy (non-hydrogen) atoms. The summed E-state index contributed by atoms with van der Waals surface area (Å²) in [4.78, 5) is 6.82. The first kappa shape index (κ1) is 71.8. The van der Waals surface area contributed by atoms with Gasteiger partial charge in [0.25, 0.3) is 0 Å². The molecular formula is C98H158N2. The number of hydrogen-bond donors (Lipinski definition) is 0. The molecule has 0 amide bonds. The molecule has 0 aromatic rings. The third-order valence-electron chi connectivity index (χ3n) is 36.8. The van der Waals surface area contributed by atoms with Crippen LogP contribution in [0.5, 0.6) is 0 Å². The quantitative estimate of drug-likeness (QED) is 0.142. The summed E-state index contributed by atoms with van der Waals surface area (Å²) in [6.07, 6.45) is 114. The lowest BCUT2D eigenvalue weighted by atomic mass is 9.45. The van der Waals surface area contributed by atoms with E-state index < -0.39 is 0 Å². The van der Waals surface area contributed by atoms with Gasteiger partial charge in [-0.1, -0.05) is 203 Å². The molecule has 0 N–H and O–H groups in total. The number of allylic oxidation sites excluding steroid dienone is 8. The number of hydrogen-bond acceptors (Lipinski definition) is 2. The monoisotopic (exact) mass is 1360 g/mol. The van der Waals surface area contributed by atoms with Gasteiger partial charge in [-0.2, -0.15) is 0 Å². The average Bonchev–Trinajstić information content (AvgIpc) is 0.730. The maximum Gasteiger partial charge on any atom is 0.0102 e. The van der Waals surface area contributed by atoms with Crippen LogP contribution >= 0.6 is 0 Å². The average molecular weight is 1360 g/mol. The molecule has 17 rings (SSSR count). The zero-order chi connectivity index (χ0) is 66.6. The van der Waals surface area contributed by atoms with E-state index in [0.29, 0.717) is 0 Å². The van der Waals surface area contributed by atoms with Crippen molar-refractivity contribution in [3.63, 3.8) is 0 Å². The largest absolute Gasteiger partial charge is 0.294 e. The molecule has 0 bridgehead atoms. The summed E-state index contributed by atoms with van der Waals surface area (Å²) in [6, 6.07) is 5.13. The Morgan fingerprint density at radius 2 is 0.330 bits per heavy atom. The van der Waals surface area contributed by atoms with Crippen molar-refractivity contribution in [2.45, 2.75) is 422 Å². The third-order valence-corrected chi connectivity index (χ3v) is 36.8. The van der Waals surface area contributed by atoms with Crippen LogP contribution in [0.25, 0.3) is 0 Å². The first-order chi connectivity index (χ1) is 49.6. The summed E-state index contributed by atoms with van der Waals surface area (Å²) in [5.74, 6) is 23.7. The van der Waals surface area contributed by atoms with Gasteiger partial charge < -0.3 is 0 Å². The zero-order valence-corrected chi connectivity index (χ0v) is 65.3. The van der Waals surface area contributed by atoms with Gasteiger partial charge in [0, 0.05) is 36.3 Å². The second kappa shape index (κ2) is 34.6. The highest BCUT2D eigenvalue weighted by molar-refractivity contribution is 5.10. The van der Waals surface area contributed by atoms with Crippen LogP contribution in [0, 0.1) is 142 Å². The minimum Gasteiger partial charge on any atom is -0.294 e. The first-order valence-electron chi connectivity index (χ1n) is 47.8. The molecule has 16 atom stereocenters. The van der Waals surface area contributed by atoms with E-state index in [4.69, 9.17) is 0 Å². The Labute approximate surface area is 618 Å². The fourth-order valence-electron chi connectivity index (χ4n) is 32.2. The molecule has 0 aromatic carbocycles. The maximum absolute atomic E-state index is 3.41. The predicted octanol–water partition coefficient (Wildman–Crippen LogP) is 27.5. The van der Waals surface area contributed by atoms with Crippen molar-refractivity contribution in [3.8, 4) is 0 Å². The Morgan fingerprint density at radius 1 is 0.140 bits per heavy atom. The molecule has 0 radical (unpaired) electrons. The highest BCUT2D eigenvalue weighted by atomic mass is 15.2. The molecule has 560 valence electrons. The lowest BCUT2D eigenvalue weighted by Crippen LogP contribution is -2.56. The number of rotatable bonds is 16. The van der Waals surface area contributed by atoms with Crippen molar-refractivity contribution in [2.24, 2.45) is 142 Å². The fourth-order valence-corrected chi connectivity index (χ4v) is 32.2. The molecule has 0 saturated heterocycles. The molecule has 0 aromatic heterocycles. The Bertz CT molecular complexity index is 2240. The maximum atomic E-state index is 3.41. The Balaban J connectivity index is 0.552. The number of fused-ring (bicyclic) bond motifs is 6. The van der Waals surface area contributed by atoms with Crippen LogP contribution in [0.3, 0.4) is 0 Å². The van der Waals surface area contributed by atoms with Crippen molar-refractivity contribution < 1.29 is 0 Å². The van der Waals surface area contributed by atoms with Gasteiger partial charge in [-0.3, -0.25) is 9.80 Å². The first-order valence-corrected chi connectivity index (χ1v) is 47.8. The van der Waals surface area contributed by atoms with Gasteiger partial charge >= 0.3 is 0 Å². The van der Waals surface area contributed by atoms with Gasteiger partial charge in [-0.25, -0.2) is 0 Å². The minimum absolute atomic E-state index is 0.851. The summed E-state index contributed by atoms with van der Waals surface area (Å²) in [5, 5.41) is 0. The van der Waals surface area contributed by atoms with Crippen LogP contribution in [-0.4, -0.2) is 46.1 Å². The van der Waals surface area contributed by atoms with Gasteiger partial charge in [0.2, 0.25) is 0 Å². The Kier molecular flexibility index (Phi) is 24.9. The molecule has 17 aliphatic carbocycles. The van der Waals surface area contributed by atoms with E-state index in [9.17, 15) is 0 Å². The van der Waals surface area contributed by atoms with E-state index in [1.54, 1.807) is 154 Å². The van der Waals surface area contributed by atoms with Gasteiger partial charge in [-0.05, 0) is 373 Å². The molecule has 2 nitrogen and oxygen atoms in total. The molecule has 0 heterocycles.